The van der Waals surface area contributed by atoms with E-state index in [-0.39, 0.29) is 24.1 Å². The fourth-order valence-corrected chi connectivity index (χ4v) is 5.06. The fourth-order valence-electron chi connectivity index (χ4n) is 5.06. The van der Waals surface area contributed by atoms with Crippen molar-refractivity contribution in [2.75, 3.05) is 46.4 Å². The van der Waals surface area contributed by atoms with Gasteiger partial charge in [-0.1, -0.05) is 13.3 Å². The molecule has 1 aliphatic rings. The largest absolute Gasteiger partial charge is 0.492 e. The van der Waals surface area contributed by atoms with Gasteiger partial charge in [0.15, 0.2) is 0 Å². The Kier molecular flexibility index (Phi) is 8.71. The van der Waals surface area contributed by atoms with Gasteiger partial charge in [-0.15, -0.1) is 0 Å². The lowest BCUT2D eigenvalue weighted by Gasteiger charge is -2.32. The van der Waals surface area contributed by atoms with Gasteiger partial charge < -0.3 is 24.5 Å². The molecule has 4 rings (SSSR count). The maximum Gasteiger partial charge on any atom is 0.253 e. The topological polar surface area (TPSA) is 82.6 Å². The zero-order valence-electron chi connectivity index (χ0n) is 22.9. The van der Waals surface area contributed by atoms with Crippen LogP contribution < -0.4 is 15.6 Å². The molecule has 8 heteroatoms. The minimum atomic E-state index is -0.210. The molecule has 1 amide bonds. The van der Waals surface area contributed by atoms with Crippen molar-refractivity contribution in [3.63, 3.8) is 0 Å². The number of carbonyl (C=O) groups excluding carboxylic acids is 1. The molecule has 0 radical (unpaired) electrons. The molecule has 0 aliphatic carbocycles. The number of fused-ring (bicyclic) bond motifs is 1. The number of nitrogens with one attached hydrogen (secondary N) is 2. The van der Waals surface area contributed by atoms with Crippen LogP contribution in [-0.2, 0) is 13.0 Å². The molecule has 2 aromatic heterocycles. The van der Waals surface area contributed by atoms with Crippen LogP contribution in [0.3, 0.4) is 0 Å². The number of pyridine rings is 1. The molecular weight excluding hydrogens is 466 g/mol. The minimum absolute atomic E-state index is 0.138. The number of H-pyrrole nitrogens is 1. The molecule has 3 aromatic rings. The summed E-state index contributed by atoms with van der Waals surface area (Å²) in [4.78, 5) is 33.7. The van der Waals surface area contributed by atoms with Crippen molar-refractivity contribution in [3.05, 3.63) is 63.2 Å². The van der Waals surface area contributed by atoms with E-state index in [2.05, 4.69) is 52.5 Å². The summed E-state index contributed by atoms with van der Waals surface area (Å²) in [6.07, 6.45) is 3.75. The highest BCUT2D eigenvalue weighted by Crippen LogP contribution is 2.29. The van der Waals surface area contributed by atoms with Gasteiger partial charge in [-0.3, -0.25) is 14.5 Å². The van der Waals surface area contributed by atoms with E-state index in [1.807, 2.05) is 37.4 Å². The number of aryl methyl sites for hydroxylation is 2. The highest BCUT2D eigenvalue weighted by atomic mass is 16.5. The number of aromatic amines is 1. The van der Waals surface area contributed by atoms with Crippen molar-refractivity contribution in [1.29, 1.82) is 0 Å². The SMILES string of the molecule is CCCc1cc(C)[nH]c(=O)c1CNC(=O)c1cc(OCCN2CCN(C)CC2)cc2c1ccn2C(C)C. The molecule has 0 atom stereocenters. The van der Waals surface area contributed by atoms with Crippen LogP contribution in [0.2, 0.25) is 0 Å². The standard InChI is InChI=1S/C29H41N5O3/c1-6-7-22-16-21(4)31-29(36)26(22)19-30-28(35)25-17-23(18-27-24(25)8-9-34(27)20(2)3)37-15-14-33-12-10-32(5)11-13-33/h8-9,16-18,20H,6-7,10-15,19H2,1-5H3,(H,30,35)(H,31,36). The van der Waals surface area contributed by atoms with Gasteiger partial charge in [-0.05, 0) is 58.0 Å². The van der Waals surface area contributed by atoms with Crippen LogP contribution in [0.5, 0.6) is 5.75 Å². The van der Waals surface area contributed by atoms with Gasteiger partial charge in [0.25, 0.3) is 11.5 Å². The van der Waals surface area contributed by atoms with Crippen LogP contribution in [-0.4, -0.2) is 71.6 Å². The van der Waals surface area contributed by atoms with E-state index >= 15 is 0 Å². The van der Waals surface area contributed by atoms with Gasteiger partial charge in [0.2, 0.25) is 0 Å². The summed E-state index contributed by atoms with van der Waals surface area (Å²) in [5.41, 5.74) is 3.84. The Morgan fingerprint density at radius 2 is 1.92 bits per heavy atom. The Labute approximate surface area is 219 Å². The number of hydrogen-bond acceptors (Lipinski definition) is 5. The maximum absolute atomic E-state index is 13.5. The van der Waals surface area contributed by atoms with Crippen molar-refractivity contribution in [3.8, 4) is 5.75 Å². The highest BCUT2D eigenvalue weighted by molar-refractivity contribution is 6.07. The van der Waals surface area contributed by atoms with Gasteiger partial charge in [0, 0.05) is 74.2 Å². The molecule has 0 bridgehead atoms. The molecule has 1 aromatic carbocycles. The first-order valence-corrected chi connectivity index (χ1v) is 13.4. The molecule has 8 nitrogen and oxygen atoms in total. The summed E-state index contributed by atoms with van der Waals surface area (Å²) in [7, 11) is 2.15. The number of benzene rings is 1. The van der Waals surface area contributed by atoms with E-state index in [1.165, 1.54) is 0 Å². The summed E-state index contributed by atoms with van der Waals surface area (Å²) in [6, 6.07) is 8.09. The molecule has 1 fully saturated rings. The molecule has 2 N–H and O–H groups in total. The average Bonchev–Trinajstić information content (AvgIpc) is 3.28. The zero-order chi connectivity index (χ0) is 26.5. The Balaban J connectivity index is 1.55. The lowest BCUT2D eigenvalue weighted by atomic mass is 10.0. The molecule has 0 saturated carbocycles. The van der Waals surface area contributed by atoms with E-state index in [4.69, 9.17) is 4.74 Å². The third-order valence-electron chi connectivity index (χ3n) is 7.19. The highest BCUT2D eigenvalue weighted by Gasteiger charge is 2.18. The van der Waals surface area contributed by atoms with Crippen LogP contribution in [0.15, 0.2) is 35.3 Å². The Morgan fingerprint density at radius 3 is 2.62 bits per heavy atom. The van der Waals surface area contributed by atoms with Crippen LogP contribution in [0.1, 0.15) is 60.4 Å². The smallest absolute Gasteiger partial charge is 0.253 e. The van der Waals surface area contributed by atoms with Crippen molar-refractivity contribution >= 4 is 16.8 Å². The van der Waals surface area contributed by atoms with E-state index in [0.717, 1.165) is 67.7 Å². The van der Waals surface area contributed by atoms with E-state index in [9.17, 15) is 9.59 Å². The van der Waals surface area contributed by atoms with Crippen molar-refractivity contribution in [2.24, 2.45) is 0 Å². The predicted molar refractivity (Wildman–Crippen MR) is 149 cm³/mol. The van der Waals surface area contributed by atoms with Crippen molar-refractivity contribution in [2.45, 2.75) is 53.1 Å². The minimum Gasteiger partial charge on any atom is -0.492 e. The monoisotopic (exact) mass is 507 g/mol. The van der Waals surface area contributed by atoms with Crippen LogP contribution in [0, 0.1) is 6.92 Å². The van der Waals surface area contributed by atoms with Gasteiger partial charge in [0.1, 0.15) is 12.4 Å². The number of ether oxygens (including phenoxy) is 1. The normalized spacial score (nSPS) is 15.0. The number of amides is 1. The van der Waals surface area contributed by atoms with Gasteiger partial charge in [-0.25, -0.2) is 0 Å². The first kappa shape index (κ1) is 26.9. The Bertz CT molecular complexity index is 1280. The molecule has 0 unspecified atom stereocenters. The summed E-state index contributed by atoms with van der Waals surface area (Å²) in [5.74, 6) is 0.477. The second kappa shape index (κ2) is 12.0. The van der Waals surface area contributed by atoms with Gasteiger partial charge in [0.05, 0.1) is 11.1 Å². The number of piperazine rings is 1. The molecule has 0 spiro atoms. The van der Waals surface area contributed by atoms with Gasteiger partial charge >= 0.3 is 0 Å². The summed E-state index contributed by atoms with van der Waals surface area (Å²) in [6.45, 7) is 14.1. The third-order valence-corrected chi connectivity index (χ3v) is 7.19. The third kappa shape index (κ3) is 6.43. The number of carbonyl (C=O) groups is 1. The van der Waals surface area contributed by atoms with Crippen molar-refractivity contribution < 1.29 is 9.53 Å². The molecule has 37 heavy (non-hydrogen) atoms. The lowest BCUT2D eigenvalue weighted by molar-refractivity contribution is 0.0951. The molecule has 1 saturated heterocycles. The average molecular weight is 508 g/mol. The van der Waals surface area contributed by atoms with Crippen molar-refractivity contribution in [1.82, 2.24) is 24.7 Å². The lowest BCUT2D eigenvalue weighted by Crippen LogP contribution is -2.45. The molecular formula is C29H41N5O3. The molecule has 1 aliphatic heterocycles. The second-order valence-corrected chi connectivity index (χ2v) is 10.4. The maximum atomic E-state index is 13.5. The van der Waals surface area contributed by atoms with Crippen LogP contribution in [0.25, 0.3) is 10.9 Å². The summed E-state index contributed by atoms with van der Waals surface area (Å²) in [5, 5.41) is 3.89. The van der Waals surface area contributed by atoms with Crippen LogP contribution in [0.4, 0.5) is 0 Å². The molecule has 3 heterocycles. The van der Waals surface area contributed by atoms with E-state index in [1.54, 1.807) is 0 Å². The summed E-state index contributed by atoms with van der Waals surface area (Å²) >= 11 is 0. The molecule has 200 valence electrons. The van der Waals surface area contributed by atoms with Crippen LogP contribution >= 0.6 is 0 Å². The number of rotatable bonds is 10. The predicted octanol–water partition coefficient (Wildman–Crippen LogP) is 3.73. The zero-order valence-corrected chi connectivity index (χ0v) is 22.9. The Hall–Kier alpha value is -3.10. The van der Waals surface area contributed by atoms with Gasteiger partial charge in [-0.2, -0.15) is 0 Å². The Morgan fingerprint density at radius 1 is 1.16 bits per heavy atom. The number of likely N-dealkylation sites (N-methyl/N-ethyl adjacent to an activating group) is 1. The van der Waals surface area contributed by atoms with E-state index in [0.29, 0.717) is 23.5 Å². The summed E-state index contributed by atoms with van der Waals surface area (Å²) < 4.78 is 8.34. The quantitative estimate of drug-likeness (QED) is 0.437. The number of hydrogen-bond donors (Lipinski definition) is 2. The fraction of sp³-hybridized carbons (Fsp3) is 0.517. The number of nitrogens with zero attached hydrogens (tertiary/aromatic N) is 3. The second-order valence-electron chi connectivity index (χ2n) is 10.4. The first-order chi connectivity index (χ1) is 17.8. The van der Waals surface area contributed by atoms with E-state index < -0.39 is 0 Å². The number of aromatic nitrogens is 2. The first-order valence-electron chi connectivity index (χ1n) is 13.4.